The Labute approximate surface area is 115 Å². The highest BCUT2D eigenvalue weighted by Crippen LogP contribution is 2.32. The number of para-hydroxylation sites is 1. The maximum atomic E-state index is 6.20. The van der Waals surface area contributed by atoms with Crippen LogP contribution >= 0.6 is 11.6 Å². The number of halogens is 1. The molecule has 1 aliphatic heterocycles. The van der Waals surface area contributed by atoms with Gasteiger partial charge in [-0.25, -0.2) is 0 Å². The van der Waals surface area contributed by atoms with Gasteiger partial charge in [-0.15, -0.1) is 11.6 Å². The molecule has 100 valence electrons. The molecule has 0 spiro atoms. The van der Waals surface area contributed by atoms with Gasteiger partial charge >= 0.3 is 0 Å². The molecule has 0 radical (unpaired) electrons. The van der Waals surface area contributed by atoms with Gasteiger partial charge in [-0.1, -0.05) is 25.1 Å². The Balaban J connectivity index is 2.17. The third-order valence-electron chi connectivity index (χ3n) is 3.90. The topological polar surface area (TPSA) is 12.5 Å². The number of ether oxygens (including phenoxy) is 1. The molecule has 1 aromatic rings. The lowest BCUT2D eigenvalue weighted by molar-refractivity contribution is 0.147. The Bertz CT molecular complexity index is 375. The minimum atomic E-state index is 0.273. The molecule has 0 aromatic heterocycles. The predicted octanol–water partition coefficient (Wildman–Crippen LogP) is 3.71. The van der Waals surface area contributed by atoms with Gasteiger partial charge in [-0.3, -0.25) is 4.90 Å². The van der Waals surface area contributed by atoms with Crippen LogP contribution in [0.3, 0.4) is 0 Å². The summed E-state index contributed by atoms with van der Waals surface area (Å²) in [4.78, 5) is 2.49. The molecule has 0 saturated carbocycles. The molecule has 3 heteroatoms. The van der Waals surface area contributed by atoms with Crippen molar-refractivity contribution in [1.82, 2.24) is 4.90 Å². The first-order valence-electron chi connectivity index (χ1n) is 6.69. The second kappa shape index (κ2) is 6.44. The van der Waals surface area contributed by atoms with Gasteiger partial charge in [-0.05, 0) is 37.9 Å². The van der Waals surface area contributed by atoms with Gasteiger partial charge in [0.05, 0.1) is 13.2 Å². The average Bonchev–Trinajstić information content (AvgIpc) is 2.42. The van der Waals surface area contributed by atoms with E-state index in [1.807, 2.05) is 12.1 Å². The van der Waals surface area contributed by atoms with E-state index in [0.717, 1.165) is 24.8 Å². The van der Waals surface area contributed by atoms with Crippen molar-refractivity contribution in [2.24, 2.45) is 5.92 Å². The fraction of sp³-hybridized carbons (Fsp3) is 0.600. The summed E-state index contributed by atoms with van der Waals surface area (Å²) in [6, 6.07) is 8.48. The van der Waals surface area contributed by atoms with Gasteiger partial charge in [-0.2, -0.15) is 0 Å². The van der Waals surface area contributed by atoms with Crippen LogP contribution in [0.4, 0.5) is 0 Å². The van der Waals surface area contributed by atoms with Crippen molar-refractivity contribution >= 4 is 11.6 Å². The molecule has 2 nitrogen and oxygen atoms in total. The largest absolute Gasteiger partial charge is 0.496 e. The number of nitrogens with zero attached hydrogens (tertiary/aromatic N) is 1. The summed E-state index contributed by atoms with van der Waals surface area (Å²) in [6.45, 7) is 4.60. The Kier molecular flexibility index (Phi) is 4.90. The number of likely N-dealkylation sites (tertiary alicyclic amines) is 1. The molecule has 1 atom stereocenters. The van der Waals surface area contributed by atoms with E-state index in [9.17, 15) is 0 Å². The molecule has 0 amide bonds. The Morgan fingerprint density at radius 2 is 2.00 bits per heavy atom. The maximum Gasteiger partial charge on any atom is 0.123 e. The van der Waals surface area contributed by atoms with Gasteiger partial charge in [0.2, 0.25) is 0 Å². The van der Waals surface area contributed by atoms with Crippen molar-refractivity contribution in [3.63, 3.8) is 0 Å². The molecule has 1 heterocycles. The normalized spacial score (nSPS) is 19.7. The zero-order chi connectivity index (χ0) is 13.0. The quantitative estimate of drug-likeness (QED) is 0.771. The van der Waals surface area contributed by atoms with Gasteiger partial charge in [0.1, 0.15) is 5.75 Å². The van der Waals surface area contributed by atoms with E-state index in [4.69, 9.17) is 16.3 Å². The first-order valence-corrected chi connectivity index (χ1v) is 7.22. The highest BCUT2D eigenvalue weighted by atomic mass is 35.5. The van der Waals surface area contributed by atoms with Crippen LogP contribution in [0.25, 0.3) is 0 Å². The highest BCUT2D eigenvalue weighted by molar-refractivity contribution is 6.18. The molecule has 1 aliphatic rings. The number of benzene rings is 1. The summed E-state index contributed by atoms with van der Waals surface area (Å²) >= 11 is 6.20. The van der Waals surface area contributed by atoms with Gasteiger partial charge < -0.3 is 4.74 Å². The fourth-order valence-corrected chi connectivity index (χ4v) is 3.02. The number of rotatable bonds is 4. The van der Waals surface area contributed by atoms with Crippen molar-refractivity contribution in [2.75, 3.05) is 26.1 Å². The van der Waals surface area contributed by atoms with Crippen LogP contribution in [0.5, 0.6) is 5.75 Å². The Morgan fingerprint density at radius 1 is 1.33 bits per heavy atom. The van der Waals surface area contributed by atoms with Crippen LogP contribution in [0.1, 0.15) is 31.4 Å². The predicted molar refractivity (Wildman–Crippen MR) is 76.4 cm³/mol. The van der Waals surface area contributed by atoms with Crippen LogP contribution in [0.15, 0.2) is 24.3 Å². The minimum absolute atomic E-state index is 0.273. The van der Waals surface area contributed by atoms with Crippen LogP contribution in [0.2, 0.25) is 0 Å². The van der Waals surface area contributed by atoms with E-state index in [1.165, 1.54) is 18.4 Å². The van der Waals surface area contributed by atoms with E-state index in [0.29, 0.717) is 5.88 Å². The SMILES string of the molecule is COc1ccccc1C(CCl)N1CCC(C)CC1. The van der Waals surface area contributed by atoms with E-state index >= 15 is 0 Å². The number of methoxy groups -OCH3 is 1. The highest BCUT2D eigenvalue weighted by Gasteiger charge is 2.25. The van der Waals surface area contributed by atoms with Crippen molar-refractivity contribution in [1.29, 1.82) is 0 Å². The molecule has 0 bridgehead atoms. The summed E-state index contributed by atoms with van der Waals surface area (Å²) in [5, 5.41) is 0. The lowest BCUT2D eigenvalue weighted by Gasteiger charge is -2.36. The van der Waals surface area contributed by atoms with Crippen molar-refractivity contribution < 1.29 is 4.74 Å². The number of alkyl halides is 1. The van der Waals surface area contributed by atoms with Crippen LogP contribution in [-0.4, -0.2) is 31.0 Å². The molecular weight excluding hydrogens is 246 g/mol. The summed E-state index contributed by atoms with van der Waals surface area (Å²) in [5.74, 6) is 2.41. The molecule has 1 saturated heterocycles. The number of piperidine rings is 1. The Morgan fingerprint density at radius 3 is 2.61 bits per heavy atom. The van der Waals surface area contributed by atoms with Crippen LogP contribution < -0.4 is 4.74 Å². The third kappa shape index (κ3) is 2.99. The van der Waals surface area contributed by atoms with Crippen LogP contribution in [0, 0.1) is 5.92 Å². The van der Waals surface area contributed by atoms with E-state index < -0.39 is 0 Å². The molecule has 0 aliphatic carbocycles. The van der Waals surface area contributed by atoms with E-state index in [1.54, 1.807) is 7.11 Å². The van der Waals surface area contributed by atoms with Gasteiger partial charge in [0, 0.05) is 11.4 Å². The molecule has 2 rings (SSSR count). The van der Waals surface area contributed by atoms with Gasteiger partial charge in [0.25, 0.3) is 0 Å². The lowest BCUT2D eigenvalue weighted by Crippen LogP contribution is -2.37. The third-order valence-corrected chi connectivity index (χ3v) is 4.20. The molecule has 18 heavy (non-hydrogen) atoms. The molecule has 1 fully saturated rings. The lowest BCUT2D eigenvalue weighted by atomic mass is 9.96. The van der Waals surface area contributed by atoms with Crippen LogP contribution in [-0.2, 0) is 0 Å². The minimum Gasteiger partial charge on any atom is -0.496 e. The summed E-state index contributed by atoms with van der Waals surface area (Å²) in [6.07, 6.45) is 2.53. The standard InChI is InChI=1S/C15H22ClNO/c1-12-7-9-17(10-8-12)14(11-16)13-5-3-4-6-15(13)18-2/h3-6,12,14H,7-11H2,1-2H3. The first-order chi connectivity index (χ1) is 8.76. The monoisotopic (exact) mass is 267 g/mol. The average molecular weight is 268 g/mol. The molecule has 1 unspecified atom stereocenters. The van der Waals surface area contributed by atoms with E-state index in [2.05, 4.69) is 24.0 Å². The smallest absolute Gasteiger partial charge is 0.123 e. The van der Waals surface area contributed by atoms with Crippen molar-refractivity contribution in [3.05, 3.63) is 29.8 Å². The zero-order valence-electron chi connectivity index (χ0n) is 11.2. The first kappa shape index (κ1) is 13.7. The summed E-state index contributed by atoms with van der Waals surface area (Å²) in [5.41, 5.74) is 1.21. The number of hydrogen-bond donors (Lipinski definition) is 0. The van der Waals surface area contributed by atoms with Gasteiger partial charge in [0.15, 0.2) is 0 Å². The fourth-order valence-electron chi connectivity index (χ4n) is 2.66. The molecular formula is C15H22ClNO. The second-order valence-electron chi connectivity index (χ2n) is 5.13. The van der Waals surface area contributed by atoms with Crippen molar-refractivity contribution in [3.8, 4) is 5.75 Å². The molecule has 1 aromatic carbocycles. The zero-order valence-corrected chi connectivity index (χ0v) is 12.0. The maximum absolute atomic E-state index is 6.20. The summed E-state index contributed by atoms with van der Waals surface area (Å²) in [7, 11) is 1.72. The van der Waals surface area contributed by atoms with Crippen molar-refractivity contribution in [2.45, 2.75) is 25.8 Å². The second-order valence-corrected chi connectivity index (χ2v) is 5.44. The number of hydrogen-bond acceptors (Lipinski definition) is 2. The Hall–Kier alpha value is -0.730. The summed E-state index contributed by atoms with van der Waals surface area (Å²) < 4.78 is 5.45. The molecule has 0 N–H and O–H groups in total. The van der Waals surface area contributed by atoms with E-state index in [-0.39, 0.29) is 6.04 Å².